The number of carbonyl (C=O) groups is 2. The van der Waals surface area contributed by atoms with E-state index >= 15 is 0 Å². The van der Waals surface area contributed by atoms with Gasteiger partial charge in [-0.2, -0.15) is 0 Å². The number of nitrogens with one attached hydrogen (secondary N) is 3. The van der Waals surface area contributed by atoms with Gasteiger partial charge in [0.15, 0.2) is 0 Å². The molecule has 1 aromatic carbocycles. The Labute approximate surface area is 131 Å². The number of amides is 2. The predicted octanol–water partition coefficient (Wildman–Crippen LogP) is 1.71. The number of hydrogen-bond acceptors (Lipinski definition) is 3. The van der Waals surface area contributed by atoms with E-state index in [1.165, 1.54) is 0 Å². The molecule has 5 nitrogen and oxygen atoms in total. The fraction of sp³-hybridized carbons (Fsp3) is 0.467. The minimum atomic E-state index is -0.120. The maximum atomic E-state index is 12.1. The molecule has 0 saturated carbocycles. The van der Waals surface area contributed by atoms with E-state index < -0.39 is 0 Å². The Morgan fingerprint density at radius 2 is 2.14 bits per heavy atom. The van der Waals surface area contributed by atoms with E-state index in [-0.39, 0.29) is 30.1 Å². The smallest absolute Gasteiger partial charge is 0.251 e. The summed E-state index contributed by atoms with van der Waals surface area (Å²) in [5.41, 5.74) is 2.24. The van der Waals surface area contributed by atoms with Crippen LogP contribution in [-0.4, -0.2) is 31.4 Å². The Kier molecular flexibility index (Phi) is 6.65. The van der Waals surface area contributed by atoms with Crippen LogP contribution >= 0.6 is 12.4 Å². The average Bonchev–Trinajstić information content (AvgIpc) is 2.95. The van der Waals surface area contributed by atoms with Gasteiger partial charge in [0.25, 0.3) is 5.91 Å². The molecule has 0 aliphatic carbocycles. The van der Waals surface area contributed by atoms with Crippen LogP contribution < -0.4 is 16.0 Å². The van der Waals surface area contributed by atoms with E-state index in [0.717, 1.165) is 25.1 Å². The van der Waals surface area contributed by atoms with E-state index in [0.29, 0.717) is 17.8 Å². The topological polar surface area (TPSA) is 70.2 Å². The molecule has 0 bridgehead atoms. The summed E-state index contributed by atoms with van der Waals surface area (Å²) in [6.45, 7) is 5.99. The number of aryl methyl sites for hydroxylation is 1. The van der Waals surface area contributed by atoms with E-state index in [4.69, 9.17) is 0 Å². The standard InChI is InChI=1S/C15H21N3O2.ClH/c1-3-17-14(19)11-5-4-10(2)13(8-11)18-15(20)12-6-7-16-9-12;/h4-5,8,12,16H,3,6-7,9H2,1-2H3,(H,17,19)(H,18,20);1H. The van der Waals surface area contributed by atoms with Crippen LogP contribution in [0.2, 0.25) is 0 Å². The van der Waals surface area contributed by atoms with Crippen molar-refractivity contribution in [3.63, 3.8) is 0 Å². The average molecular weight is 312 g/mol. The zero-order valence-electron chi connectivity index (χ0n) is 12.4. The molecule has 0 spiro atoms. The number of rotatable bonds is 4. The van der Waals surface area contributed by atoms with Gasteiger partial charge in [0, 0.05) is 24.3 Å². The first kappa shape index (κ1) is 17.5. The summed E-state index contributed by atoms with van der Waals surface area (Å²) in [6, 6.07) is 5.36. The van der Waals surface area contributed by atoms with Crippen LogP contribution in [0, 0.1) is 12.8 Å². The number of benzene rings is 1. The van der Waals surface area contributed by atoms with Gasteiger partial charge in [-0.05, 0) is 44.5 Å². The maximum Gasteiger partial charge on any atom is 0.251 e. The highest BCUT2D eigenvalue weighted by atomic mass is 35.5. The summed E-state index contributed by atoms with van der Waals surface area (Å²) < 4.78 is 0. The number of halogens is 1. The van der Waals surface area contributed by atoms with Crippen LogP contribution in [0.5, 0.6) is 0 Å². The number of carbonyl (C=O) groups excluding carboxylic acids is 2. The molecule has 1 atom stereocenters. The lowest BCUT2D eigenvalue weighted by atomic mass is 10.1. The zero-order valence-corrected chi connectivity index (χ0v) is 13.2. The molecule has 1 saturated heterocycles. The third kappa shape index (κ3) is 4.44. The molecule has 116 valence electrons. The molecule has 2 rings (SSSR count). The van der Waals surface area contributed by atoms with Crippen LogP contribution in [0.1, 0.15) is 29.3 Å². The van der Waals surface area contributed by atoms with E-state index in [2.05, 4.69) is 16.0 Å². The number of hydrogen-bond donors (Lipinski definition) is 3. The molecule has 1 aliphatic rings. The molecular weight excluding hydrogens is 290 g/mol. The summed E-state index contributed by atoms with van der Waals surface area (Å²) in [4.78, 5) is 23.9. The Morgan fingerprint density at radius 1 is 1.38 bits per heavy atom. The van der Waals surface area contributed by atoms with Crippen molar-refractivity contribution in [2.45, 2.75) is 20.3 Å². The molecule has 1 heterocycles. The molecule has 1 unspecified atom stereocenters. The summed E-state index contributed by atoms with van der Waals surface area (Å²) in [5, 5.41) is 8.86. The van der Waals surface area contributed by atoms with Gasteiger partial charge in [-0.15, -0.1) is 12.4 Å². The van der Waals surface area contributed by atoms with E-state index in [9.17, 15) is 9.59 Å². The van der Waals surface area contributed by atoms with Gasteiger partial charge in [0.2, 0.25) is 5.91 Å². The third-order valence-corrected chi connectivity index (χ3v) is 3.53. The van der Waals surface area contributed by atoms with Crippen molar-refractivity contribution >= 4 is 29.9 Å². The first-order chi connectivity index (χ1) is 9.61. The third-order valence-electron chi connectivity index (χ3n) is 3.53. The minimum absolute atomic E-state index is 0. The highest BCUT2D eigenvalue weighted by Gasteiger charge is 2.22. The van der Waals surface area contributed by atoms with Crippen molar-refractivity contribution in [1.82, 2.24) is 10.6 Å². The van der Waals surface area contributed by atoms with Crippen LogP contribution in [-0.2, 0) is 4.79 Å². The van der Waals surface area contributed by atoms with Gasteiger partial charge >= 0.3 is 0 Å². The van der Waals surface area contributed by atoms with Gasteiger partial charge in [-0.3, -0.25) is 9.59 Å². The molecule has 0 radical (unpaired) electrons. The molecule has 3 N–H and O–H groups in total. The second kappa shape index (κ2) is 8.00. The second-order valence-electron chi connectivity index (χ2n) is 5.07. The highest BCUT2D eigenvalue weighted by Crippen LogP contribution is 2.19. The molecule has 1 aliphatic heterocycles. The van der Waals surface area contributed by atoms with Crippen LogP contribution in [0.15, 0.2) is 18.2 Å². The van der Waals surface area contributed by atoms with Crippen LogP contribution in [0.25, 0.3) is 0 Å². The molecule has 1 aromatic rings. The fourth-order valence-electron chi connectivity index (χ4n) is 2.27. The second-order valence-corrected chi connectivity index (χ2v) is 5.07. The van der Waals surface area contributed by atoms with E-state index in [1.807, 2.05) is 19.9 Å². The van der Waals surface area contributed by atoms with Crippen molar-refractivity contribution in [2.24, 2.45) is 5.92 Å². The van der Waals surface area contributed by atoms with Gasteiger partial charge in [-0.25, -0.2) is 0 Å². The number of anilines is 1. The fourth-order valence-corrected chi connectivity index (χ4v) is 2.27. The summed E-state index contributed by atoms with van der Waals surface area (Å²) >= 11 is 0. The largest absolute Gasteiger partial charge is 0.352 e. The molecule has 2 amide bonds. The van der Waals surface area contributed by atoms with Crippen molar-refractivity contribution in [3.05, 3.63) is 29.3 Å². The quantitative estimate of drug-likeness (QED) is 0.793. The summed E-state index contributed by atoms with van der Waals surface area (Å²) in [6.07, 6.45) is 0.862. The van der Waals surface area contributed by atoms with Crippen molar-refractivity contribution in [3.8, 4) is 0 Å². The van der Waals surface area contributed by atoms with Gasteiger partial charge in [-0.1, -0.05) is 6.07 Å². The first-order valence-electron chi connectivity index (χ1n) is 7.02. The predicted molar refractivity (Wildman–Crippen MR) is 86.0 cm³/mol. The Bertz CT molecular complexity index is 514. The Hall–Kier alpha value is -1.59. The lowest BCUT2D eigenvalue weighted by molar-refractivity contribution is -0.119. The van der Waals surface area contributed by atoms with Crippen molar-refractivity contribution in [2.75, 3.05) is 25.0 Å². The summed E-state index contributed by atoms with van der Waals surface area (Å²) in [7, 11) is 0. The molecular formula is C15H22ClN3O2. The lowest BCUT2D eigenvalue weighted by Crippen LogP contribution is -2.26. The lowest BCUT2D eigenvalue weighted by Gasteiger charge is -2.13. The molecule has 6 heteroatoms. The SMILES string of the molecule is CCNC(=O)c1ccc(C)c(NC(=O)C2CCNC2)c1.Cl. The minimum Gasteiger partial charge on any atom is -0.352 e. The van der Waals surface area contributed by atoms with Crippen molar-refractivity contribution in [1.29, 1.82) is 0 Å². The van der Waals surface area contributed by atoms with Gasteiger partial charge in [0.1, 0.15) is 0 Å². The maximum absolute atomic E-state index is 12.1. The Morgan fingerprint density at radius 3 is 2.76 bits per heavy atom. The van der Waals surface area contributed by atoms with Crippen LogP contribution in [0.4, 0.5) is 5.69 Å². The first-order valence-corrected chi connectivity index (χ1v) is 7.02. The molecule has 0 aromatic heterocycles. The zero-order chi connectivity index (χ0) is 14.5. The van der Waals surface area contributed by atoms with Gasteiger partial charge in [0.05, 0.1) is 5.92 Å². The van der Waals surface area contributed by atoms with Gasteiger partial charge < -0.3 is 16.0 Å². The van der Waals surface area contributed by atoms with Crippen molar-refractivity contribution < 1.29 is 9.59 Å². The monoisotopic (exact) mass is 311 g/mol. The Balaban J connectivity index is 0.00000220. The van der Waals surface area contributed by atoms with Crippen LogP contribution in [0.3, 0.4) is 0 Å². The summed E-state index contributed by atoms with van der Waals surface area (Å²) in [5.74, 6) is -0.0841. The molecule has 1 fully saturated rings. The highest BCUT2D eigenvalue weighted by molar-refractivity contribution is 5.98. The molecule has 21 heavy (non-hydrogen) atoms. The normalized spacial score (nSPS) is 17.0. The van der Waals surface area contributed by atoms with E-state index in [1.54, 1.807) is 12.1 Å².